The number of alkyl halides is 1. The molecule has 1 aliphatic rings. The molecule has 2 rings (SSSR count). The van der Waals surface area contributed by atoms with Crippen LogP contribution in [0.2, 0.25) is 0 Å². The second-order valence-corrected chi connectivity index (χ2v) is 9.96. The lowest BCUT2D eigenvalue weighted by atomic mass is 9.92. The fourth-order valence-corrected chi connectivity index (χ4v) is 4.65. The Bertz CT molecular complexity index is 764. The molecule has 1 heterocycles. The van der Waals surface area contributed by atoms with Crippen LogP contribution in [0.5, 0.6) is 0 Å². The van der Waals surface area contributed by atoms with Gasteiger partial charge in [-0.05, 0) is 58.7 Å². The molecule has 0 spiro atoms. The summed E-state index contributed by atoms with van der Waals surface area (Å²) in [6, 6.07) is 4.35. The molecule has 0 aromatic heterocycles. The van der Waals surface area contributed by atoms with Crippen molar-refractivity contribution in [1.29, 1.82) is 0 Å². The smallest absolute Gasteiger partial charge is 0.410 e. The summed E-state index contributed by atoms with van der Waals surface area (Å²) in [5.41, 5.74) is -0.636. The molecule has 0 saturated carbocycles. The first-order valence-corrected chi connectivity index (χ1v) is 10.00. The number of carbonyl (C=O) groups is 1. The lowest BCUT2D eigenvalue weighted by Crippen LogP contribution is -2.48. The molecule has 5 nitrogen and oxygen atoms in total. The fraction of sp³-hybridized carbons (Fsp3) is 0.611. The second-order valence-electron chi connectivity index (χ2n) is 7.69. The highest BCUT2D eigenvalue weighted by molar-refractivity contribution is 7.92. The van der Waals surface area contributed by atoms with E-state index in [-0.39, 0.29) is 30.8 Å². The van der Waals surface area contributed by atoms with Crippen molar-refractivity contribution < 1.29 is 26.7 Å². The van der Waals surface area contributed by atoms with Crippen LogP contribution in [0.25, 0.3) is 0 Å². The van der Waals surface area contributed by atoms with Gasteiger partial charge in [-0.15, -0.1) is 0 Å². The van der Waals surface area contributed by atoms with Crippen LogP contribution in [0.1, 0.15) is 40.5 Å². The van der Waals surface area contributed by atoms with E-state index in [1.807, 2.05) is 0 Å². The second kappa shape index (κ2) is 7.13. The average Bonchev–Trinajstić information content (AvgIpc) is 2.53. The lowest BCUT2D eigenvalue weighted by Gasteiger charge is -2.38. The molecule has 1 fully saturated rings. The highest BCUT2D eigenvalue weighted by atomic mass is 32.2. The maximum absolute atomic E-state index is 15.3. The molecule has 1 aliphatic heterocycles. The number of carbonyl (C=O) groups excluding carboxylic acids is 1. The molecule has 8 heteroatoms. The highest BCUT2D eigenvalue weighted by Gasteiger charge is 2.48. The molecular weight excluding hydrogens is 364 g/mol. The van der Waals surface area contributed by atoms with Crippen molar-refractivity contribution in [2.24, 2.45) is 5.92 Å². The summed E-state index contributed by atoms with van der Waals surface area (Å²) in [4.78, 5) is 13.1. The zero-order valence-electron chi connectivity index (χ0n) is 15.5. The number of sulfone groups is 1. The molecule has 1 aromatic carbocycles. The van der Waals surface area contributed by atoms with Crippen LogP contribution in [-0.4, -0.2) is 43.1 Å². The predicted molar refractivity (Wildman–Crippen MR) is 93.6 cm³/mol. The van der Waals surface area contributed by atoms with Gasteiger partial charge in [0.1, 0.15) is 11.4 Å². The van der Waals surface area contributed by atoms with E-state index in [1.165, 1.54) is 17.0 Å². The van der Waals surface area contributed by atoms with Gasteiger partial charge in [-0.3, -0.25) is 0 Å². The minimum atomic E-state index is -4.37. The number of ether oxygens (including phenoxy) is 1. The summed E-state index contributed by atoms with van der Waals surface area (Å²) in [5, 5.41) is -2.55. The summed E-state index contributed by atoms with van der Waals surface area (Å²) >= 11 is 0. The number of benzene rings is 1. The van der Waals surface area contributed by atoms with Gasteiger partial charge in [-0.1, -0.05) is 6.07 Å². The van der Waals surface area contributed by atoms with E-state index in [1.54, 1.807) is 20.8 Å². The van der Waals surface area contributed by atoms with E-state index in [9.17, 15) is 17.6 Å². The summed E-state index contributed by atoms with van der Waals surface area (Å²) < 4.78 is 59.3. The number of hydrogen-bond acceptors (Lipinski definition) is 4. The number of rotatable bonds is 3. The molecule has 0 radical (unpaired) electrons. The van der Waals surface area contributed by atoms with Gasteiger partial charge in [0, 0.05) is 19.0 Å². The monoisotopic (exact) mass is 389 g/mol. The molecular formula is C18H25F2NO4S. The van der Waals surface area contributed by atoms with Gasteiger partial charge in [-0.2, -0.15) is 0 Å². The third-order valence-electron chi connectivity index (χ3n) is 4.51. The summed E-state index contributed by atoms with van der Waals surface area (Å²) in [5.74, 6) is -1.53. The Morgan fingerprint density at radius 3 is 2.27 bits per heavy atom. The summed E-state index contributed by atoms with van der Waals surface area (Å²) in [7, 11) is -4.37. The molecule has 26 heavy (non-hydrogen) atoms. The van der Waals surface area contributed by atoms with Crippen LogP contribution >= 0.6 is 0 Å². The Kier molecular flexibility index (Phi) is 5.66. The number of hydrogen-bond donors (Lipinski definition) is 0. The summed E-state index contributed by atoms with van der Waals surface area (Å²) in [6.07, 6.45) is -0.133. The number of halogens is 2. The zero-order chi connectivity index (χ0) is 19.8. The van der Waals surface area contributed by atoms with Crippen molar-refractivity contribution in [3.05, 3.63) is 30.1 Å². The fourth-order valence-electron chi connectivity index (χ4n) is 2.99. The molecule has 1 atom stereocenters. The first-order chi connectivity index (χ1) is 11.8. The van der Waals surface area contributed by atoms with Crippen LogP contribution in [0.3, 0.4) is 0 Å². The van der Waals surface area contributed by atoms with E-state index in [2.05, 4.69) is 0 Å². The molecule has 0 N–H and O–H groups in total. The van der Waals surface area contributed by atoms with Gasteiger partial charge < -0.3 is 9.64 Å². The Morgan fingerprint density at radius 1 is 1.19 bits per heavy atom. The van der Waals surface area contributed by atoms with Crippen LogP contribution < -0.4 is 0 Å². The van der Waals surface area contributed by atoms with Gasteiger partial charge in [0.2, 0.25) is 14.8 Å². The minimum Gasteiger partial charge on any atom is -0.444 e. The van der Waals surface area contributed by atoms with Gasteiger partial charge in [0.15, 0.2) is 0 Å². The van der Waals surface area contributed by atoms with Gasteiger partial charge >= 0.3 is 6.09 Å². The summed E-state index contributed by atoms with van der Waals surface area (Å²) in [6.45, 7) is 6.68. The standard InChI is InChI=1S/C18H25F2NO4S/c1-17(2,3)25-16(22)21-10-8-13(9-11-21)18(4,20)26(23,24)15-7-5-6-14(19)12-15/h5-7,12-13H,8-11H2,1-4H3. The van der Waals surface area contributed by atoms with Crippen molar-refractivity contribution in [2.75, 3.05) is 13.1 Å². The number of amides is 1. The molecule has 1 amide bonds. The Morgan fingerprint density at radius 2 is 1.77 bits per heavy atom. The molecule has 0 aliphatic carbocycles. The first kappa shape index (κ1) is 20.6. The largest absolute Gasteiger partial charge is 0.444 e. The van der Waals surface area contributed by atoms with E-state index in [4.69, 9.17) is 4.74 Å². The van der Waals surface area contributed by atoms with Crippen molar-refractivity contribution in [3.8, 4) is 0 Å². The van der Waals surface area contributed by atoms with Crippen molar-refractivity contribution in [2.45, 2.75) is 56.0 Å². The maximum Gasteiger partial charge on any atom is 0.410 e. The lowest BCUT2D eigenvalue weighted by molar-refractivity contribution is 0.0130. The SMILES string of the molecule is CC(C)(C)OC(=O)N1CCC(C(C)(F)S(=O)(=O)c2cccc(F)c2)CC1. The van der Waals surface area contributed by atoms with Gasteiger partial charge in [-0.25, -0.2) is 22.0 Å². The normalized spacial score (nSPS) is 19.1. The van der Waals surface area contributed by atoms with Crippen molar-refractivity contribution in [1.82, 2.24) is 4.90 Å². The average molecular weight is 389 g/mol. The quantitative estimate of drug-likeness (QED) is 0.786. The van der Waals surface area contributed by atoms with E-state index < -0.39 is 38.3 Å². The third kappa shape index (κ3) is 4.34. The van der Waals surface area contributed by atoms with Crippen molar-refractivity contribution >= 4 is 15.9 Å². The molecule has 1 aromatic rings. The van der Waals surface area contributed by atoms with Crippen LogP contribution in [-0.2, 0) is 14.6 Å². The van der Waals surface area contributed by atoms with Gasteiger partial charge in [0.05, 0.1) is 4.90 Å². The number of nitrogens with zero attached hydrogens (tertiary/aromatic N) is 1. The van der Waals surface area contributed by atoms with Crippen LogP contribution in [0, 0.1) is 11.7 Å². The van der Waals surface area contributed by atoms with E-state index in [0.29, 0.717) is 0 Å². The minimum absolute atomic E-state index is 0.181. The molecule has 0 bridgehead atoms. The first-order valence-electron chi connectivity index (χ1n) is 8.51. The van der Waals surface area contributed by atoms with E-state index >= 15 is 4.39 Å². The van der Waals surface area contributed by atoms with Crippen molar-refractivity contribution in [3.63, 3.8) is 0 Å². The Balaban J connectivity index is 2.11. The highest BCUT2D eigenvalue weighted by Crippen LogP contribution is 2.39. The Labute approximate surface area is 153 Å². The van der Waals surface area contributed by atoms with Crippen LogP contribution in [0.4, 0.5) is 13.6 Å². The molecule has 146 valence electrons. The van der Waals surface area contributed by atoms with Crippen LogP contribution in [0.15, 0.2) is 29.2 Å². The molecule has 1 saturated heterocycles. The van der Waals surface area contributed by atoms with Gasteiger partial charge in [0.25, 0.3) is 0 Å². The number of piperidine rings is 1. The topological polar surface area (TPSA) is 63.7 Å². The predicted octanol–water partition coefficient (Wildman–Crippen LogP) is 3.93. The van der Waals surface area contributed by atoms with E-state index in [0.717, 1.165) is 19.1 Å². The maximum atomic E-state index is 15.3. The molecule has 1 unspecified atom stereocenters. The third-order valence-corrected chi connectivity index (χ3v) is 6.77. The zero-order valence-corrected chi connectivity index (χ0v) is 16.3. The Hall–Kier alpha value is -1.70. The number of likely N-dealkylation sites (tertiary alicyclic amines) is 1.